The Morgan fingerprint density at radius 1 is 1.20 bits per heavy atom. The molecule has 1 aromatic rings. The van der Waals surface area contributed by atoms with Crippen LogP contribution in [0.5, 0.6) is 0 Å². The van der Waals surface area contributed by atoms with Crippen LogP contribution in [0, 0.1) is 6.92 Å². The van der Waals surface area contributed by atoms with Gasteiger partial charge in [-0.1, -0.05) is 24.3 Å². The average Bonchev–Trinajstić information content (AvgIpc) is 2.46. The minimum Gasteiger partial charge on any atom is -0.480 e. The summed E-state index contributed by atoms with van der Waals surface area (Å²) in [6.07, 6.45) is -0.738. The van der Waals surface area contributed by atoms with E-state index in [1.807, 2.05) is 31.2 Å². The summed E-state index contributed by atoms with van der Waals surface area (Å²) in [7, 11) is 1.38. The van der Waals surface area contributed by atoms with E-state index in [0.717, 1.165) is 16.0 Å². The SMILES string of the molecule is CC(=O)C(CC(C(=O)O)N(C)C(=O)OC(C)(C)C)c1ccccc1C. The molecule has 0 saturated carbocycles. The predicted octanol–water partition coefficient (Wildman–Crippen LogP) is 3.38. The molecule has 1 rings (SSSR count). The number of carbonyl (C=O) groups excluding carboxylic acids is 2. The van der Waals surface area contributed by atoms with E-state index in [1.54, 1.807) is 20.8 Å². The van der Waals surface area contributed by atoms with Crippen molar-refractivity contribution in [2.75, 3.05) is 7.05 Å². The van der Waals surface area contributed by atoms with Gasteiger partial charge in [-0.2, -0.15) is 0 Å². The fourth-order valence-electron chi connectivity index (χ4n) is 2.60. The standard InChI is InChI=1S/C19H27NO5/c1-12-9-7-8-10-14(12)15(13(2)21)11-16(17(22)23)20(6)18(24)25-19(3,4)5/h7-10,15-16H,11H2,1-6H3,(H,22,23). The van der Waals surface area contributed by atoms with Gasteiger partial charge in [0, 0.05) is 13.0 Å². The third kappa shape index (κ3) is 5.89. The normalized spacial score (nSPS) is 13.7. The third-order valence-electron chi connectivity index (χ3n) is 3.95. The first-order valence-corrected chi connectivity index (χ1v) is 8.18. The molecule has 0 bridgehead atoms. The summed E-state index contributed by atoms with van der Waals surface area (Å²) in [5, 5.41) is 9.58. The van der Waals surface area contributed by atoms with E-state index >= 15 is 0 Å². The molecular weight excluding hydrogens is 322 g/mol. The fourth-order valence-corrected chi connectivity index (χ4v) is 2.60. The molecule has 0 radical (unpaired) electrons. The van der Waals surface area contributed by atoms with Crippen LogP contribution in [0.25, 0.3) is 0 Å². The smallest absolute Gasteiger partial charge is 0.410 e. The number of carboxylic acids is 1. The van der Waals surface area contributed by atoms with Gasteiger partial charge in [0.1, 0.15) is 17.4 Å². The zero-order valence-electron chi connectivity index (χ0n) is 15.7. The Balaban J connectivity index is 3.09. The number of aliphatic carboxylic acids is 1. The lowest BCUT2D eigenvalue weighted by atomic mass is 9.86. The number of Topliss-reactive ketones (excluding diaryl/α,β-unsaturated/α-hetero) is 1. The maximum atomic E-state index is 12.2. The van der Waals surface area contributed by atoms with E-state index in [1.165, 1.54) is 14.0 Å². The van der Waals surface area contributed by atoms with Gasteiger partial charge < -0.3 is 9.84 Å². The summed E-state index contributed by atoms with van der Waals surface area (Å²) in [6, 6.07) is 6.19. The highest BCUT2D eigenvalue weighted by molar-refractivity contribution is 5.86. The highest BCUT2D eigenvalue weighted by atomic mass is 16.6. The molecule has 0 aliphatic rings. The first kappa shape index (κ1) is 20.7. The second-order valence-electron chi connectivity index (χ2n) is 7.20. The van der Waals surface area contributed by atoms with Crippen molar-refractivity contribution in [2.45, 2.75) is 58.6 Å². The average molecular weight is 349 g/mol. The lowest BCUT2D eigenvalue weighted by Crippen LogP contribution is -2.46. The maximum Gasteiger partial charge on any atom is 0.410 e. The van der Waals surface area contributed by atoms with E-state index in [2.05, 4.69) is 0 Å². The van der Waals surface area contributed by atoms with Crippen molar-refractivity contribution in [1.29, 1.82) is 0 Å². The van der Waals surface area contributed by atoms with Gasteiger partial charge in [0.25, 0.3) is 0 Å². The van der Waals surface area contributed by atoms with Crippen molar-refractivity contribution >= 4 is 17.8 Å². The number of likely N-dealkylation sites (N-methyl/N-ethyl adjacent to an activating group) is 1. The van der Waals surface area contributed by atoms with Crippen LogP contribution in [0.3, 0.4) is 0 Å². The van der Waals surface area contributed by atoms with Gasteiger partial charge in [0.15, 0.2) is 0 Å². The number of ketones is 1. The van der Waals surface area contributed by atoms with Crippen molar-refractivity contribution < 1.29 is 24.2 Å². The topological polar surface area (TPSA) is 83.9 Å². The van der Waals surface area contributed by atoms with Crippen LogP contribution in [0.4, 0.5) is 4.79 Å². The summed E-state index contributed by atoms with van der Waals surface area (Å²) >= 11 is 0. The van der Waals surface area contributed by atoms with Crippen LogP contribution in [0.1, 0.15) is 51.2 Å². The Kier molecular flexibility index (Phi) is 6.73. The van der Waals surface area contributed by atoms with Gasteiger partial charge in [0.05, 0.1) is 0 Å². The number of amides is 1. The van der Waals surface area contributed by atoms with Gasteiger partial charge in [-0.05, 0) is 52.2 Å². The first-order chi connectivity index (χ1) is 11.4. The fraction of sp³-hybridized carbons (Fsp3) is 0.526. The number of rotatable bonds is 6. The molecule has 0 saturated heterocycles. The molecule has 0 spiro atoms. The van der Waals surface area contributed by atoms with Crippen molar-refractivity contribution in [3.05, 3.63) is 35.4 Å². The Hall–Kier alpha value is -2.37. The second-order valence-corrected chi connectivity index (χ2v) is 7.20. The highest BCUT2D eigenvalue weighted by Crippen LogP contribution is 2.27. The molecule has 6 nitrogen and oxygen atoms in total. The third-order valence-corrected chi connectivity index (χ3v) is 3.95. The molecule has 2 atom stereocenters. The van der Waals surface area contributed by atoms with E-state index in [9.17, 15) is 19.5 Å². The zero-order chi connectivity index (χ0) is 19.4. The Morgan fingerprint density at radius 3 is 2.20 bits per heavy atom. The minimum absolute atomic E-state index is 0.00867. The quantitative estimate of drug-likeness (QED) is 0.851. The summed E-state index contributed by atoms with van der Waals surface area (Å²) in [6.45, 7) is 8.43. The molecule has 1 N–H and O–H groups in total. The lowest BCUT2D eigenvalue weighted by molar-refractivity contribution is -0.143. The zero-order valence-corrected chi connectivity index (χ0v) is 15.7. The molecule has 138 valence electrons. The molecule has 1 amide bonds. The van der Waals surface area contributed by atoms with Gasteiger partial charge in [0.2, 0.25) is 0 Å². The predicted molar refractivity (Wildman–Crippen MR) is 94.6 cm³/mol. The van der Waals surface area contributed by atoms with Crippen LogP contribution in [-0.4, -0.2) is 46.5 Å². The number of aryl methyl sites for hydroxylation is 1. The van der Waals surface area contributed by atoms with Gasteiger partial charge >= 0.3 is 12.1 Å². The summed E-state index contributed by atoms with van der Waals surface area (Å²) < 4.78 is 5.24. The molecule has 0 aromatic heterocycles. The van der Waals surface area contributed by atoms with Gasteiger partial charge in [-0.25, -0.2) is 9.59 Å². The number of hydrogen-bond acceptors (Lipinski definition) is 4. The van der Waals surface area contributed by atoms with Crippen molar-refractivity contribution in [3.63, 3.8) is 0 Å². The van der Waals surface area contributed by atoms with E-state index < -0.39 is 29.6 Å². The van der Waals surface area contributed by atoms with Crippen molar-refractivity contribution in [3.8, 4) is 0 Å². The lowest BCUT2D eigenvalue weighted by Gasteiger charge is -2.30. The van der Waals surface area contributed by atoms with Crippen LogP contribution in [0.15, 0.2) is 24.3 Å². The van der Waals surface area contributed by atoms with Crippen LogP contribution in [-0.2, 0) is 14.3 Å². The number of hydrogen-bond donors (Lipinski definition) is 1. The maximum absolute atomic E-state index is 12.2. The number of carboxylic acid groups (broad SMARTS) is 1. The van der Waals surface area contributed by atoms with Crippen molar-refractivity contribution in [2.24, 2.45) is 0 Å². The van der Waals surface area contributed by atoms with E-state index in [0.29, 0.717) is 0 Å². The molecular formula is C19H27NO5. The molecule has 6 heteroatoms. The molecule has 0 heterocycles. The number of nitrogens with zero attached hydrogens (tertiary/aromatic N) is 1. The first-order valence-electron chi connectivity index (χ1n) is 8.18. The summed E-state index contributed by atoms with van der Waals surface area (Å²) in [4.78, 5) is 37.1. The number of carbonyl (C=O) groups is 3. The van der Waals surface area contributed by atoms with Crippen LogP contribution in [0.2, 0.25) is 0 Å². The Morgan fingerprint density at radius 2 is 1.76 bits per heavy atom. The van der Waals surface area contributed by atoms with Crippen molar-refractivity contribution in [1.82, 2.24) is 4.90 Å². The van der Waals surface area contributed by atoms with Crippen LogP contribution >= 0.6 is 0 Å². The number of ether oxygens (including phenoxy) is 1. The minimum atomic E-state index is -1.17. The molecule has 25 heavy (non-hydrogen) atoms. The molecule has 0 aliphatic carbocycles. The number of benzene rings is 1. The van der Waals surface area contributed by atoms with E-state index in [-0.39, 0.29) is 12.2 Å². The molecule has 1 aromatic carbocycles. The molecule has 0 fully saturated rings. The highest BCUT2D eigenvalue weighted by Gasteiger charge is 2.34. The molecule has 2 unspecified atom stereocenters. The van der Waals surface area contributed by atoms with E-state index in [4.69, 9.17) is 4.74 Å². The largest absolute Gasteiger partial charge is 0.480 e. The molecule has 0 aliphatic heterocycles. The summed E-state index contributed by atoms with van der Waals surface area (Å²) in [5.41, 5.74) is 0.954. The van der Waals surface area contributed by atoms with Crippen LogP contribution < -0.4 is 0 Å². The second kappa shape index (κ2) is 8.14. The monoisotopic (exact) mass is 349 g/mol. The Labute approximate surface area is 148 Å². The summed E-state index contributed by atoms with van der Waals surface area (Å²) in [5.74, 6) is -1.92. The van der Waals surface area contributed by atoms with Gasteiger partial charge in [-0.15, -0.1) is 0 Å². The Bertz CT molecular complexity index is 647. The van der Waals surface area contributed by atoms with Gasteiger partial charge in [-0.3, -0.25) is 9.69 Å².